The second-order valence-corrected chi connectivity index (χ2v) is 26.1. The van der Waals surface area contributed by atoms with Crippen molar-refractivity contribution in [2.45, 2.75) is 37.8 Å². The molecule has 0 spiro atoms. The quantitative estimate of drug-likeness (QED) is 0.144. The fourth-order valence-electron chi connectivity index (χ4n) is 7.61. The van der Waals surface area contributed by atoms with Gasteiger partial charge < -0.3 is 10.1 Å². The molecule has 9 nitrogen and oxygen atoms in total. The third-order valence-electron chi connectivity index (χ3n) is 10.2. The van der Waals surface area contributed by atoms with E-state index in [0.29, 0.717) is 30.5 Å². The maximum absolute atomic E-state index is 10.9. The van der Waals surface area contributed by atoms with E-state index in [1.54, 1.807) is 13.2 Å². The number of hydrogen-bond donors (Lipinski definition) is 2. The van der Waals surface area contributed by atoms with E-state index in [0.717, 1.165) is 107 Å². The molecule has 1 saturated carbocycles. The van der Waals surface area contributed by atoms with Crippen LogP contribution in [-0.4, -0.2) is 115 Å². The predicted octanol–water partition coefficient (Wildman–Crippen LogP) is 4.93. The zero-order valence-electron chi connectivity index (χ0n) is 27.1. The van der Waals surface area contributed by atoms with E-state index in [4.69, 9.17) is 36.0 Å². The minimum atomic E-state index is -1.28. The fourth-order valence-corrected chi connectivity index (χ4v) is 11.1. The van der Waals surface area contributed by atoms with Crippen molar-refractivity contribution in [1.29, 1.82) is 0 Å². The van der Waals surface area contributed by atoms with Gasteiger partial charge in [-0.1, -0.05) is 0 Å². The van der Waals surface area contributed by atoms with Crippen molar-refractivity contribution in [3.05, 3.63) is 48.0 Å². The Kier molecular flexibility index (Phi) is 9.53. The molecule has 4 fully saturated rings. The Morgan fingerprint density at radius 3 is 2.67 bits per heavy atom. The van der Waals surface area contributed by atoms with Gasteiger partial charge in [-0.15, -0.1) is 0 Å². The molecule has 244 valence electrons. The van der Waals surface area contributed by atoms with E-state index < -0.39 is 23.1 Å². The summed E-state index contributed by atoms with van der Waals surface area (Å²) >= 11 is 3.92. The summed E-state index contributed by atoms with van der Waals surface area (Å²) in [7, 11) is 1.69. The number of aromatic nitrogens is 2. The van der Waals surface area contributed by atoms with Gasteiger partial charge in [-0.2, -0.15) is 0 Å². The Morgan fingerprint density at radius 1 is 1.10 bits per heavy atom. The number of phenolic OH excluding ortho intramolecular Hbond substituents is 1. The normalized spacial score (nSPS) is 21.4. The monoisotopic (exact) mass is 872 g/mol. The number of piperazine rings is 1. The number of benzene rings is 3. The van der Waals surface area contributed by atoms with Crippen molar-refractivity contribution in [2.24, 2.45) is 5.41 Å². The molecule has 3 aliphatic heterocycles. The number of nitrogens with zero attached hydrogens (tertiary/aromatic N) is 4. The van der Waals surface area contributed by atoms with Crippen molar-refractivity contribution in [1.82, 2.24) is 20.2 Å². The molecule has 8 rings (SSSR count). The molecule has 3 saturated heterocycles. The molecule has 2 bridgehead atoms. The molecular formula is C36H38N5O4PSTl+. The zero-order chi connectivity index (χ0) is 32.7. The van der Waals surface area contributed by atoms with E-state index in [9.17, 15) is 5.11 Å². The van der Waals surface area contributed by atoms with Crippen LogP contribution >= 0.6 is 4.00 Å². The van der Waals surface area contributed by atoms with Gasteiger partial charge in [-0.05, 0) is 25.7 Å². The molecule has 4 heterocycles. The Bertz CT molecular complexity index is 1990. The second kappa shape index (κ2) is 14.0. The predicted molar refractivity (Wildman–Crippen MR) is 194 cm³/mol. The van der Waals surface area contributed by atoms with Crippen LogP contribution in [0.2, 0.25) is 0 Å². The first kappa shape index (κ1) is 32.7. The second-order valence-electron chi connectivity index (χ2n) is 13.5. The molecule has 2 unspecified atom stereocenters. The molecule has 4 aromatic rings. The van der Waals surface area contributed by atoms with E-state index in [2.05, 4.69) is 36.6 Å². The van der Waals surface area contributed by atoms with Gasteiger partial charge in [0.15, 0.2) is 0 Å². The summed E-state index contributed by atoms with van der Waals surface area (Å²) in [4.78, 5) is 15.1. The molecule has 4 aliphatic rings. The Balaban J connectivity index is 1.23. The van der Waals surface area contributed by atoms with Crippen LogP contribution in [0.5, 0.6) is 17.5 Å². The first-order valence-electron chi connectivity index (χ1n) is 16.8. The summed E-state index contributed by atoms with van der Waals surface area (Å²) in [6.07, 6.45) is 4.66. The van der Waals surface area contributed by atoms with E-state index in [1.807, 2.05) is 24.3 Å². The van der Waals surface area contributed by atoms with Crippen molar-refractivity contribution >= 4 is 66.4 Å². The van der Waals surface area contributed by atoms with Crippen molar-refractivity contribution in [3.8, 4) is 38.0 Å². The summed E-state index contributed by atoms with van der Waals surface area (Å²) < 4.78 is 22.6. The van der Waals surface area contributed by atoms with Crippen LogP contribution in [-0.2, 0) is 16.5 Å². The van der Waals surface area contributed by atoms with Gasteiger partial charge in [0.1, 0.15) is 0 Å². The van der Waals surface area contributed by atoms with Crippen molar-refractivity contribution in [2.75, 3.05) is 64.6 Å². The molecule has 2 atom stereocenters. The summed E-state index contributed by atoms with van der Waals surface area (Å²) in [6, 6.07) is 15.1. The molecule has 12 heteroatoms. The van der Waals surface area contributed by atoms with Crippen molar-refractivity contribution in [3.63, 3.8) is 0 Å². The van der Waals surface area contributed by atoms with Crippen LogP contribution in [0.25, 0.3) is 32.8 Å². The number of phenols is 1. The van der Waals surface area contributed by atoms with Crippen LogP contribution in [0.4, 0.5) is 5.82 Å². The first-order chi connectivity index (χ1) is 23.5. The van der Waals surface area contributed by atoms with Gasteiger partial charge in [0.2, 0.25) is 0 Å². The minimum absolute atomic E-state index is 0.141. The fraction of sp³-hybridized carbons (Fsp3) is 0.444. The van der Waals surface area contributed by atoms with Gasteiger partial charge in [0.05, 0.1) is 13.2 Å². The number of hydrogen-bond acceptors (Lipinski definition) is 10. The SMILES string of the molecule is COc1cc2c(N3CC4CCC(C3)N4)nc(OCC3(CN4CCOCC4)CC3)nc2cc1-c1cc(O)cc2cccc(C#[C][Tl]=[P+]=S)c12. The van der Waals surface area contributed by atoms with Gasteiger partial charge in [0.25, 0.3) is 0 Å². The zero-order valence-corrected chi connectivity index (χ0v) is 33.3. The standard InChI is InChI=1S/C36H38N5O4.PS.Tl/c1-3-23-5-4-6-24-15-27(42)16-29(33(23)24)28-17-31-30(18-32(28)43-2)34(41-19-25-7-8-26(20-41)37-25)39-35(38-31)45-22-36(9-10-36)21-40-11-13-44-14-12-40;1-2;/h4-6,15-18,25-26,37,42H,7-14,19-22H2,2H3;;/q;-1;+2. The average Bonchev–Trinajstić information content (AvgIpc) is 3.79. The Morgan fingerprint density at radius 2 is 1.92 bits per heavy atom. The van der Waals surface area contributed by atoms with Crippen LogP contribution in [0.15, 0.2) is 42.5 Å². The van der Waals surface area contributed by atoms with E-state index in [-0.39, 0.29) is 11.2 Å². The van der Waals surface area contributed by atoms with Gasteiger partial charge >= 0.3 is 209 Å². The van der Waals surface area contributed by atoms with E-state index in [1.165, 1.54) is 12.8 Å². The first-order valence-corrected chi connectivity index (χ1v) is 27.0. The Labute approximate surface area is 298 Å². The molecule has 0 radical (unpaired) electrons. The van der Waals surface area contributed by atoms with Crippen LogP contribution < -0.4 is 19.7 Å². The molecular weight excluding hydrogens is 834 g/mol. The van der Waals surface area contributed by atoms with Gasteiger partial charge in [-0.3, -0.25) is 4.90 Å². The van der Waals surface area contributed by atoms with Crippen LogP contribution in [0.3, 0.4) is 0 Å². The number of fused-ring (bicyclic) bond motifs is 4. The molecule has 0 amide bonds. The molecule has 3 aromatic carbocycles. The summed E-state index contributed by atoms with van der Waals surface area (Å²) in [5.41, 5.74) is 3.55. The number of rotatable bonds is 8. The molecule has 48 heavy (non-hydrogen) atoms. The van der Waals surface area contributed by atoms with Crippen molar-refractivity contribution < 1.29 is 19.3 Å². The molecule has 2 N–H and O–H groups in total. The third kappa shape index (κ3) is 6.79. The van der Waals surface area contributed by atoms with Crippen LogP contribution in [0.1, 0.15) is 31.2 Å². The number of morpholine rings is 1. The average molecular weight is 872 g/mol. The summed E-state index contributed by atoms with van der Waals surface area (Å²) in [5, 5.41) is 17.5. The summed E-state index contributed by atoms with van der Waals surface area (Å²) in [6.45, 7) is 6.94. The summed E-state index contributed by atoms with van der Waals surface area (Å²) in [5.74, 6) is 5.18. The van der Waals surface area contributed by atoms with E-state index >= 15 is 0 Å². The third-order valence-corrected chi connectivity index (χ3v) is 16.5. The Hall–Kier alpha value is -2.53. The number of methoxy groups -OCH3 is 1. The van der Waals surface area contributed by atoms with Gasteiger partial charge in [0, 0.05) is 37.1 Å². The number of nitrogens with one attached hydrogen (secondary N) is 1. The molecule has 1 aliphatic carbocycles. The topological polar surface area (TPSA) is 92.2 Å². The number of aromatic hydroxyl groups is 1. The molecule has 1 aromatic heterocycles. The van der Waals surface area contributed by atoms with Crippen LogP contribution in [0, 0.1) is 14.8 Å². The number of ether oxygens (including phenoxy) is 3. The maximum atomic E-state index is 10.9. The van der Waals surface area contributed by atoms with Gasteiger partial charge in [-0.25, -0.2) is 0 Å². The number of anilines is 1.